The standard InChI is InChI=1S/C13H20ClNO2/c1-10(2)15-8-12(16)9-17-13-5-3-11(7-14)4-6-13/h3-6,10,12,15-16H,7-9H2,1-2H3. The number of hydrogen-bond donors (Lipinski definition) is 2. The maximum absolute atomic E-state index is 9.65. The van der Waals surface area contributed by atoms with E-state index < -0.39 is 6.10 Å². The van der Waals surface area contributed by atoms with Gasteiger partial charge < -0.3 is 15.2 Å². The maximum atomic E-state index is 9.65. The molecule has 1 aromatic carbocycles. The molecule has 1 atom stereocenters. The number of halogens is 1. The molecule has 0 aliphatic carbocycles. The molecule has 1 aromatic rings. The molecule has 0 aromatic heterocycles. The Morgan fingerprint density at radius 1 is 1.29 bits per heavy atom. The summed E-state index contributed by atoms with van der Waals surface area (Å²) in [6.45, 7) is 4.91. The predicted molar refractivity (Wildman–Crippen MR) is 70.6 cm³/mol. The minimum absolute atomic E-state index is 0.292. The number of rotatable bonds is 7. The number of aliphatic hydroxyl groups excluding tert-OH is 1. The molecule has 0 aliphatic heterocycles. The van der Waals surface area contributed by atoms with Crippen LogP contribution >= 0.6 is 11.6 Å². The molecule has 0 saturated carbocycles. The summed E-state index contributed by atoms with van der Waals surface area (Å²) in [5, 5.41) is 12.8. The van der Waals surface area contributed by atoms with Crippen molar-refractivity contribution in [1.29, 1.82) is 0 Å². The minimum Gasteiger partial charge on any atom is -0.491 e. The van der Waals surface area contributed by atoms with Gasteiger partial charge in [-0.2, -0.15) is 0 Å². The fraction of sp³-hybridized carbons (Fsp3) is 0.538. The van der Waals surface area contributed by atoms with Crippen LogP contribution in [0, 0.1) is 0 Å². The Morgan fingerprint density at radius 3 is 2.47 bits per heavy atom. The molecule has 0 aliphatic rings. The van der Waals surface area contributed by atoms with Crippen LogP contribution in [0.2, 0.25) is 0 Å². The Kier molecular flexibility index (Phi) is 6.34. The third-order valence-corrected chi connectivity index (χ3v) is 2.59. The quantitative estimate of drug-likeness (QED) is 0.736. The van der Waals surface area contributed by atoms with Crippen LogP contribution < -0.4 is 10.1 Å². The summed E-state index contributed by atoms with van der Waals surface area (Å²) >= 11 is 5.69. The van der Waals surface area contributed by atoms with Crippen LogP contribution in [0.3, 0.4) is 0 Å². The number of ether oxygens (including phenoxy) is 1. The van der Waals surface area contributed by atoms with Gasteiger partial charge in [0.2, 0.25) is 0 Å². The molecule has 96 valence electrons. The highest BCUT2D eigenvalue weighted by Gasteiger charge is 2.05. The van der Waals surface area contributed by atoms with Gasteiger partial charge in [-0.3, -0.25) is 0 Å². The fourth-order valence-corrected chi connectivity index (χ4v) is 1.48. The molecule has 0 heterocycles. The van der Waals surface area contributed by atoms with Crippen molar-refractivity contribution in [3.63, 3.8) is 0 Å². The molecular weight excluding hydrogens is 238 g/mol. The molecule has 0 fully saturated rings. The van der Waals surface area contributed by atoms with E-state index in [9.17, 15) is 5.11 Å². The summed E-state index contributed by atoms with van der Waals surface area (Å²) in [7, 11) is 0. The van der Waals surface area contributed by atoms with Crippen molar-refractivity contribution in [3.05, 3.63) is 29.8 Å². The lowest BCUT2D eigenvalue weighted by Gasteiger charge is -2.15. The van der Waals surface area contributed by atoms with E-state index in [2.05, 4.69) is 5.32 Å². The van der Waals surface area contributed by atoms with Crippen molar-refractivity contribution in [2.45, 2.75) is 31.9 Å². The molecule has 0 spiro atoms. The van der Waals surface area contributed by atoms with Crippen molar-refractivity contribution in [2.24, 2.45) is 0 Å². The van der Waals surface area contributed by atoms with Gasteiger partial charge in [0.25, 0.3) is 0 Å². The van der Waals surface area contributed by atoms with Crippen molar-refractivity contribution in [1.82, 2.24) is 5.32 Å². The van der Waals surface area contributed by atoms with E-state index in [1.165, 1.54) is 0 Å². The third-order valence-electron chi connectivity index (χ3n) is 2.28. The van der Waals surface area contributed by atoms with E-state index >= 15 is 0 Å². The van der Waals surface area contributed by atoms with E-state index in [-0.39, 0.29) is 0 Å². The average molecular weight is 258 g/mol. The maximum Gasteiger partial charge on any atom is 0.119 e. The molecule has 3 nitrogen and oxygen atoms in total. The number of benzene rings is 1. The topological polar surface area (TPSA) is 41.5 Å². The number of nitrogens with one attached hydrogen (secondary N) is 1. The van der Waals surface area contributed by atoms with E-state index in [1.54, 1.807) is 0 Å². The zero-order valence-electron chi connectivity index (χ0n) is 10.3. The lowest BCUT2D eigenvalue weighted by Crippen LogP contribution is -2.35. The predicted octanol–water partition coefficient (Wildman–Crippen LogP) is 2.16. The number of alkyl halides is 1. The molecule has 0 radical (unpaired) electrons. The van der Waals surface area contributed by atoms with Crippen LogP contribution in [-0.2, 0) is 5.88 Å². The summed E-state index contributed by atoms with van der Waals surface area (Å²) in [5.74, 6) is 1.25. The first-order valence-electron chi connectivity index (χ1n) is 5.81. The number of hydrogen-bond acceptors (Lipinski definition) is 3. The van der Waals surface area contributed by atoms with Crippen molar-refractivity contribution in [2.75, 3.05) is 13.2 Å². The Labute approximate surface area is 108 Å². The third kappa shape index (κ3) is 5.91. The molecule has 0 saturated heterocycles. The largest absolute Gasteiger partial charge is 0.491 e. The normalized spacial score (nSPS) is 12.8. The van der Waals surface area contributed by atoms with Crippen molar-refractivity contribution < 1.29 is 9.84 Å². The SMILES string of the molecule is CC(C)NCC(O)COc1ccc(CCl)cc1. The number of aliphatic hydroxyl groups is 1. The smallest absolute Gasteiger partial charge is 0.119 e. The van der Waals surface area contributed by atoms with Crippen LogP contribution in [0.5, 0.6) is 5.75 Å². The fourth-order valence-electron chi connectivity index (χ4n) is 1.30. The van der Waals surface area contributed by atoms with Gasteiger partial charge in [0.05, 0.1) is 0 Å². The highest BCUT2D eigenvalue weighted by molar-refractivity contribution is 6.17. The molecule has 17 heavy (non-hydrogen) atoms. The average Bonchev–Trinajstić information content (AvgIpc) is 2.34. The second-order valence-electron chi connectivity index (χ2n) is 4.31. The van der Waals surface area contributed by atoms with Crippen molar-refractivity contribution in [3.8, 4) is 5.75 Å². The van der Waals surface area contributed by atoms with Crippen LogP contribution in [0.4, 0.5) is 0 Å². The van der Waals surface area contributed by atoms with E-state index in [0.29, 0.717) is 25.1 Å². The molecule has 2 N–H and O–H groups in total. The van der Waals surface area contributed by atoms with Gasteiger partial charge >= 0.3 is 0 Å². The monoisotopic (exact) mass is 257 g/mol. The Hall–Kier alpha value is -0.770. The van der Waals surface area contributed by atoms with Crippen LogP contribution in [0.15, 0.2) is 24.3 Å². The highest BCUT2D eigenvalue weighted by Crippen LogP contribution is 2.13. The highest BCUT2D eigenvalue weighted by atomic mass is 35.5. The Bertz CT molecular complexity index is 314. The van der Waals surface area contributed by atoms with Gasteiger partial charge in [-0.05, 0) is 17.7 Å². The van der Waals surface area contributed by atoms with Gasteiger partial charge in [-0.15, -0.1) is 11.6 Å². The zero-order chi connectivity index (χ0) is 12.7. The first kappa shape index (κ1) is 14.3. The summed E-state index contributed by atoms with van der Waals surface area (Å²) in [6, 6.07) is 7.93. The van der Waals surface area contributed by atoms with Crippen molar-refractivity contribution >= 4 is 11.6 Å². The second-order valence-corrected chi connectivity index (χ2v) is 4.57. The van der Waals surface area contributed by atoms with Gasteiger partial charge in [0.1, 0.15) is 18.5 Å². The summed E-state index contributed by atoms with van der Waals surface area (Å²) < 4.78 is 5.47. The molecule has 1 rings (SSSR count). The summed E-state index contributed by atoms with van der Waals surface area (Å²) in [6.07, 6.45) is -0.495. The van der Waals surface area contributed by atoms with Gasteiger partial charge in [0.15, 0.2) is 0 Å². The minimum atomic E-state index is -0.495. The Balaban J connectivity index is 2.29. The Morgan fingerprint density at radius 2 is 1.94 bits per heavy atom. The first-order valence-corrected chi connectivity index (χ1v) is 6.34. The summed E-state index contributed by atoms with van der Waals surface area (Å²) in [4.78, 5) is 0. The zero-order valence-corrected chi connectivity index (χ0v) is 11.1. The van der Waals surface area contributed by atoms with Gasteiger partial charge in [-0.1, -0.05) is 26.0 Å². The van der Waals surface area contributed by atoms with Gasteiger partial charge in [-0.25, -0.2) is 0 Å². The van der Waals surface area contributed by atoms with Crippen LogP contribution in [-0.4, -0.2) is 30.4 Å². The molecule has 1 unspecified atom stereocenters. The van der Waals surface area contributed by atoms with E-state index in [1.807, 2.05) is 38.1 Å². The van der Waals surface area contributed by atoms with E-state index in [4.69, 9.17) is 16.3 Å². The van der Waals surface area contributed by atoms with Gasteiger partial charge in [0, 0.05) is 18.5 Å². The summed E-state index contributed by atoms with van der Waals surface area (Å²) in [5.41, 5.74) is 1.06. The lowest BCUT2D eigenvalue weighted by molar-refractivity contribution is 0.104. The molecular formula is C13H20ClNO2. The van der Waals surface area contributed by atoms with Crippen LogP contribution in [0.25, 0.3) is 0 Å². The molecule has 4 heteroatoms. The van der Waals surface area contributed by atoms with Crippen LogP contribution in [0.1, 0.15) is 19.4 Å². The molecule has 0 amide bonds. The first-order chi connectivity index (χ1) is 8.11. The second kappa shape index (κ2) is 7.54. The van der Waals surface area contributed by atoms with E-state index in [0.717, 1.165) is 11.3 Å². The lowest BCUT2D eigenvalue weighted by atomic mass is 10.2. The molecule has 0 bridgehead atoms.